The maximum absolute atomic E-state index is 13.4. The van der Waals surface area contributed by atoms with Gasteiger partial charge in [0.2, 0.25) is 0 Å². The summed E-state index contributed by atoms with van der Waals surface area (Å²) < 4.78 is 13.4. The predicted molar refractivity (Wildman–Crippen MR) is 65.2 cm³/mol. The molecule has 3 N–H and O–H groups in total. The molecule has 1 aromatic carbocycles. The zero-order valence-electron chi connectivity index (χ0n) is 10.3. The van der Waals surface area contributed by atoms with Crippen LogP contribution in [0.25, 0.3) is 11.0 Å². The maximum Gasteiger partial charge on any atom is 0.328 e. The fourth-order valence-corrected chi connectivity index (χ4v) is 1.59. The second-order valence-corrected chi connectivity index (χ2v) is 4.64. The van der Waals surface area contributed by atoms with Crippen LogP contribution in [0.2, 0.25) is 0 Å². The molecule has 0 fully saturated rings. The van der Waals surface area contributed by atoms with Gasteiger partial charge in [0.1, 0.15) is 16.9 Å². The number of benzene rings is 1. The van der Waals surface area contributed by atoms with Gasteiger partial charge < -0.3 is 15.4 Å². The highest BCUT2D eigenvalue weighted by molar-refractivity contribution is 6.06. The minimum atomic E-state index is -1.45. The number of carbonyl (C=O) groups excluding carboxylic acids is 1. The number of amides is 1. The molecule has 6 nitrogen and oxygen atoms in total. The van der Waals surface area contributed by atoms with Gasteiger partial charge in [0, 0.05) is 0 Å². The van der Waals surface area contributed by atoms with Crippen molar-refractivity contribution in [3.63, 3.8) is 0 Å². The van der Waals surface area contributed by atoms with Crippen molar-refractivity contribution in [2.45, 2.75) is 19.4 Å². The molecule has 7 heteroatoms. The lowest BCUT2D eigenvalue weighted by Crippen LogP contribution is -2.49. The summed E-state index contributed by atoms with van der Waals surface area (Å²) in [5.41, 5.74) is -0.796. The van der Waals surface area contributed by atoms with Gasteiger partial charge in [-0.05, 0) is 26.0 Å². The monoisotopic (exact) mass is 265 g/mol. The van der Waals surface area contributed by atoms with E-state index in [2.05, 4.69) is 15.3 Å². The summed E-state index contributed by atoms with van der Waals surface area (Å²) in [5, 5.41) is 11.3. The number of hydrogen-bond acceptors (Lipinski definition) is 3. The molecule has 1 amide bonds. The molecule has 0 aliphatic carbocycles. The largest absolute Gasteiger partial charge is 0.480 e. The van der Waals surface area contributed by atoms with Gasteiger partial charge in [-0.2, -0.15) is 0 Å². The van der Waals surface area contributed by atoms with Crippen LogP contribution < -0.4 is 5.32 Å². The van der Waals surface area contributed by atoms with Gasteiger partial charge in [-0.1, -0.05) is 0 Å². The third kappa shape index (κ3) is 2.40. The summed E-state index contributed by atoms with van der Waals surface area (Å²) in [6.45, 7) is 2.68. The Morgan fingerprint density at radius 1 is 1.42 bits per heavy atom. The predicted octanol–water partition coefficient (Wildman–Crippen LogP) is 1.29. The molecular weight excluding hydrogens is 253 g/mol. The number of halogens is 1. The van der Waals surface area contributed by atoms with Crippen molar-refractivity contribution in [1.82, 2.24) is 15.3 Å². The molecule has 100 valence electrons. The van der Waals surface area contributed by atoms with Crippen LogP contribution in [0, 0.1) is 5.82 Å². The van der Waals surface area contributed by atoms with Gasteiger partial charge in [0.15, 0.2) is 0 Å². The van der Waals surface area contributed by atoms with E-state index in [0.29, 0.717) is 11.0 Å². The summed E-state index contributed by atoms with van der Waals surface area (Å²) in [4.78, 5) is 29.6. The van der Waals surface area contributed by atoms with Crippen molar-refractivity contribution in [1.29, 1.82) is 0 Å². The Labute approximate surface area is 107 Å². The first-order valence-corrected chi connectivity index (χ1v) is 5.50. The topological polar surface area (TPSA) is 95.1 Å². The SMILES string of the molecule is CC(C)(NC(=O)c1cc(F)cc2[nH]cnc12)C(=O)O. The zero-order valence-corrected chi connectivity index (χ0v) is 10.3. The maximum atomic E-state index is 13.4. The Morgan fingerprint density at radius 2 is 2.11 bits per heavy atom. The molecular formula is C12H12FN3O3. The summed E-state index contributed by atoms with van der Waals surface area (Å²) in [6.07, 6.45) is 1.34. The number of carboxylic acids is 1. The minimum absolute atomic E-state index is 0.00873. The van der Waals surface area contributed by atoms with Crippen molar-refractivity contribution in [3.05, 3.63) is 29.8 Å². The molecule has 0 bridgehead atoms. The van der Waals surface area contributed by atoms with Crippen LogP contribution in [-0.4, -0.2) is 32.5 Å². The van der Waals surface area contributed by atoms with Crippen molar-refractivity contribution < 1.29 is 19.1 Å². The molecule has 0 radical (unpaired) electrons. The van der Waals surface area contributed by atoms with Crippen molar-refractivity contribution in [2.24, 2.45) is 0 Å². The third-order valence-corrected chi connectivity index (χ3v) is 2.69. The van der Waals surface area contributed by atoms with Crippen LogP contribution >= 0.6 is 0 Å². The summed E-state index contributed by atoms with van der Waals surface area (Å²) >= 11 is 0. The quantitative estimate of drug-likeness (QED) is 0.779. The number of carboxylic acid groups (broad SMARTS) is 1. The molecule has 0 aliphatic heterocycles. The molecule has 0 saturated heterocycles. The highest BCUT2D eigenvalue weighted by Gasteiger charge is 2.30. The molecule has 1 heterocycles. The smallest absolute Gasteiger partial charge is 0.328 e. The highest BCUT2D eigenvalue weighted by Crippen LogP contribution is 2.18. The second-order valence-electron chi connectivity index (χ2n) is 4.64. The molecule has 0 atom stereocenters. The summed E-state index contributed by atoms with van der Waals surface area (Å²) in [6, 6.07) is 2.23. The van der Waals surface area contributed by atoms with E-state index in [1.165, 1.54) is 26.2 Å². The number of rotatable bonds is 3. The van der Waals surface area contributed by atoms with E-state index in [1.54, 1.807) is 0 Å². The van der Waals surface area contributed by atoms with Crippen molar-refractivity contribution in [3.8, 4) is 0 Å². The Hall–Kier alpha value is -2.44. The van der Waals surface area contributed by atoms with Crippen LogP contribution in [0.3, 0.4) is 0 Å². The number of carbonyl (C=O) groups is 2. The van der Waals surface area contributed by atoms with E-state index in [1.807, 2.05) is 0 Å². The molecule has 1 aromatic heterocycles. The fourth-order valence-electron chi connectivity index (χ4n) is 1.59. The standard InChI is InChI=1S/C12H12FN3O3/c1-12(2,11(18)19)16-10(17)7-3-6(13)4-8-9(7)15-5-14-8/h3-5H,1-2H3,(H,14,15)(H,16,17)(H,18,19). The highest BCUT2D eigenvalue weighted by atomic mass is 19.1. The lowest BCUT2D eigenvalue weighted by atomic mass is 10.0. The average Bonchev–Trinajstić information content (AvgIpc) is 2.74. The Morgan fingerprint density at radius 3 is 2.74 bits per heavy atom. The van der Waals surface area contributed by atoms with E-state index < -0.39 is 23.2 Å². The number of hydrogen-bond donors (Lipinski definition) is 3. The van der Waals surface area contributed by atoms with Crippen LogP contribution in [0.5, 0.6) is 0 Å². The first kappa shape index (κ1) is 13.0. The number of fused-ring (bicyclic) bond motifs is 1. The van der Waals surface area contributed by atoms with E-state index in [-0.39, 0.29) is 5.56 Å². The van der Waals surface area contributed by atoms with Crippen molar-refractivity contribution in [2.75, 3.05) is 0 Å². The number of H-pyrrole nitrogens is 1. The van der Waals surface area contributed by atoms with E-state index in [4.69, 9.17) is 5.11 Å². The number of nitrogens with zero attached hydrogens (tertiary/aromatic N) is 1. The van der Waals surface area contributed by atoms with E-state index in [0.717, 1.165) is 6.07 Å². The van der Waals surface area contributed by atoms with Gasteiger partial charge in [-0.3, -0.25) is 4.79 Å². The number of imidazole rings is 1. The van der Waals surface area contributed by atoms with Crippen molar-refractivity contribution >= 4 is 22.9 Å². The molecule has 2 rings (SSSR count). The molecule has 0 aliphatic rings. The lowest BCUT2D eigenvalue weighted by Gasteiger charge is -2.21. The van der Waals surface area contributed by atoms with Crippen LogP contribution in [0.15, 0.2) is 18.5 Å². The average molecular weight is 265 g/mol. The number of aliphatic carboxylic acids is 1. The zero-order chi connectivity index (χ0) is 14.2. The summed E-state index contributed by atoms with van der Waals surface area (Å²) in [7, 11) is 0. The lowest BCUT2D eigenvalue weighted by molar-refractivity contribution is -0.143. The molecule has 2 aromatic rings. The van der Waals surface area contributed by atoms with E-state index in [9.17, 15) is 14.0 Å². The number of aromatic amines is 1. The second kappa shape index (κ2) is 4.34. The van der Waals surface area contributed by atoms with Gasteiger partial charge in [-0.15, -0.1) is 0 Å². The summed E-state index contributed by atoms with van der Waals surface area (Å²) in [5.74, 6) is -2.48. The van der Waals surface area contributed by atoms with Gasteiger partial charge >= 0.3 is 5.97 Å². The molecule has 19 heavy (non-hydrogen) atoms. The number of nitrogens with one attached hydrogen (secondary N) is 2. The first-order chi connectivity index (χ1) is 8.81. The van der Waals surface area contributed by atoms with Gasteiger partial charge in [-0.25, -0.2) is 14.2 Å². The Balaban J connectivity index is 2.42. The number of aromatic nitrogens is 2. The van der Waals surface area contributed by atoms with Crippen LogP contribution in [0.4, 0.5) is 4.39 Å². The Bertz CT molecular complexity index is 663. The normalized spacial score (nSPS) is 11.5. The van der Waals surface area contributed by atoms with Gasteiger partial charge in [0.05, 0.1) is 17.4 Å². The van der Waals surface area contributed by atoms with Crippen LogP contribution in [-0.2, 0) is 4.79 Å². The fraction of sp³-hybridized carbons (Fsp3) is 0.250. The molecule has 0 saturated carbocycles. The van der Waals surface area contributed by atoms with Crippen LogP contribution in [0.1, 0.15) is 24.2 Å². The molecule has 0 unspecified atom stereocenters. The first-order valence-electron chi connectivity index (χ1n) is 5.50. The van der Waals surface area contributed by atoms with Gasteiger partial charge in [0.25, 0.3) is 5.91 Å². The third-order valence-electron chi connectivity index (χ3n) is 2.69. The molecule has 0 spiro atoms. The minimum Gasteiger partial charge on any atom is -0.480 e. The van der Waals surface area contributed by atoms with E-state index >= 15 is 0 Å². The Kier molecular flexibility index (Phi) is 2.97.